The minimum Gasteiger partial charge on any atom is -0.443 e. The van der Waals surface area contributed by atoms with Crippen molar-refractivity contribution < 1.29 is 14.3 Å². The van der Waals surface area contributed by atoms with Gasteiger partial charge < -0.3 is 9.64 Å². The minimum absolute atomic E-state index is 0.0392. The average Bonchev–Trinajstić information content (AvgIpc) is 2.96. The van der Waals surface area contributed by atoms with Crippen LogP contribution < -0.4 is 4.90 Å². The van der Waals surface area contributed by atoms with Gasteiger partial charge in [-0.1, -0.05) is 6.07 Å². The zero-order chi connectivity index (χ0) is 17.9. The Hall–Kier alpha value is -2.11. The van der Waals surface area contributed by atoms with E-state index in [4.69, 9.17) is 4.74 Å². The molecule has 1 aliphatic rings. The van der Waals surface area contributed by atoms with Gasteiger partial charge in [-0.05, 0) is 46.6 Å². The van der Waals surface area contributed by atoms with Crippen molar-refractivity contribution in [2.24, 2.45) is 0 Å². The van der Waals surface area contributed by atoms with Gasteiger partial charge >= 0.3 is 6.09 Å². The van der Waals surface area contributed by atoms with Crippen LogP contribution in [0.4, 0.5) is 10.6 Å². The van der Waals surface area contributed by atoms with Crippen molar-refractivity contribution in [1.82, 2.24) is 9.88 Å². The van der Waals surface area contributed by atoms with E-state index in [0.29, 0.717) is 12.4 Å². The molecule has 6 heteroatoms. The van der Waals surface area contributed by atoms with Crippen molar-refractivity contribution in [2.45, 2.75) is 59.1 Å². The maximum Gasteiger partial charge on any atom is 0.415 e. The molecule has 1 aliphatic heterocycles. The standard InChI is InChI=1S/C18H27N3O3/c1-6-20(17(23)24-18(3,4)5)16-14(9-7-11-19-16)15-10-8-12-21(15)13(2)22/h7,9,11,15H,6,8,10,12H2,1-5H3/t15-/m1/s1. The molecule has 0 radical (unpaired) electrons. The SMILES string of the molecule is CCN(C(=O)OC(C)(C)C)c1ncccc1[C@H]1CCCN1C(C)=O. The Bertz CT molecular complexity index is 610. The molecule has 0 aromatic carbocycles. The van der Waals surface area contributed by atoms with Gasteiger partial charge in [-0.25, -0.2) is 9.78 Å². The smallest absolute Gasteiger partial charge is 0.415 e. The molecule has 1 aromatic heterocycles. The van der Waals surface area contributed by atoms with Crippen molar-refractivity contribution in [3.05, 3.63) is 23.9 Å². The molecule has 0 N–H and O–H groups in total. The van der Waals surface area contributed by atoms with Crippen LogP contribution >= 0.6 is 0 Å². The summed E-state index contributed by atoms with van der Waals surface area (Å²) in [5, 5.41) is 0. The van der Waals surface area contributed by atoms with Crippen molar-refractivity contribution in [3.63, 3.8) is 0 Å². The molecule has 0 unspecified atom stereocenters. The third kappa shape index (κ3) is 4.04. The van der Waals surface area contributed by atoms with E-state index >= 15 is 0 Å². The van der Waals surface area contributed by atoms with Gasteiger partial charge in [0.1, 0.15) is 11.4 Å². The van der Waals surface area contributed by atoms with Crippen LogP contribution in [0.3, 0.4) is 0 Å². The molecule has 2 amide bonds. The van der Waals surface area contributed by atoms with E-state index in [1.165, 1.54) is 4.90 Å². The van der Waals surface area contributed by atoms with E-state index in [1.807, 2.05) is 44.7 Å². The van der Waals surface area contributed by atoms with Gasteiger partial charge in [0.25, 0.3) is 0 Å². The maximum absolute atomic E-state index is 12.6. The second-order valence-electron chi connectivity index (χ2n) is 7.01. The molecule has 2 heterocycles. The van der Waals surface area contributed by atoms with Gasteiger partial charge in [0.15, 0.2) is 0 Å². The number of carbonyl (C=O) groups excluding carboxylic acids is 2. The highest BCUT2D eigenvalue weighted by molar-refractivity contribution is 5.87. The van der Waals surface area contributed by atoms with Crippen LogP contribution in [0.5, 0.6) is 0 Å². The van der Waals surface area contributed by atoms with Gasteiger partial charge in [-0.2, -0.15) is 0 Å². The van der Waals surface area contributed by atoms with Crippen LogP contribution in [0.25, 0.3) is 0 Å². The second-order valence-corrected chi connectivity index (χ2v) is 7.01. The van der Waals surface area contributed by atoms with E-state index in [0.717, 1.165) is 24.9 Å². The fourth-order valence-electron chi connectivity index (χ4n) is 3.04. The molecule has 0 saturated carbocycles. The molecule has 24 heavy (non-hydrogen) atoms. The Morgan fingerprint density at radius 1 is 1.42 bits per heavy atom. The zero-order valence-corrected chi connectivity index (χ0v) is 15.2. The van der Waals surface area contributed by atoms with Crippen LogP contribution in [0, 0.1) is 0 Å². The van der Waals surface area contributed by atoms with Crippen LogP contribution in [-0.4, -0.2) is 40.6 Å². The Labute approximate surface area is 143 Å². The highest BCUT2D eigenvalue weighted by atomic mass is 16.6. The van der Waals surface area contributed by atoms with Crippen LogP contribution in [0.2, 0.25) is 0 Å². The Kier molecular flexibility index (Phi) is 5.47. The molecule has 1 saturated heterocycles. The van der Waals surface area contributed by atoms with E-state index in [1.54, 1.807) is 13.1 Å². The van der Waals surface area contributed by atoms with Crippen molar-refractivity contribution in [2.75, 3.05) is 18.0 Å². The number of pyridine rings is 1. The Morgan fingerprint density at radius 2 is 2.12 bits per heavy atom. The number of hydrogen-bond acceptors (Lipinski definition) is 4. The monoisotopic (exact) mass is 333 g/mol. The number of likely N-dealkylation sites (tertiary alicyclic amines) is 1. The fraction of sp³-hybridized carbons (Fsp3) is 0.611. The third-order valence-electron chi connectivity index (χ3n) is 4.02. The number of nitrogens with zero attached hydrogens (tertiary/aromatic N) is 3. The summed E-state index contributed by atoms with van der Waals surface area (Å²) in [6.07, 6.45) is 3.08. The van der Waals surface area contributed by atoms with E-state index in [9.17, 15) is 9.59 Å². The first-order valence-corrected chi connectivity index (χ1v) is 8.47. The molecular formula is C18H27N3O3. The highest BCUT2D eigenvalue weighted by Crippen LogP contribution is 2.36. The summed E-state index contributed by atoms with van der Waals surface area (Å²) in [7, 11) is 0. The lowest BCUT2D eigenvalue weighted by Gasteiger charge is -2.30. The van der Waals surface area contributed by atoms with Crippen molar-refractivity contribution in [3.8, 4) is 0 Å². The van der Waals surface area contributed by atoms with Crippen LogP contribution in [0.1, 0.15) is 59.1 Å². The molecule has 1 atom stereocenters. The van der Waals surface area contributed by atoms with E-state index in [2.05, 4.69) is 4.98 Å². The lowest BCUT2D eigenvalue weighted by atomic mass is 10.0. The summed E-state index contributed by atoms with van der Waals surface area (Å²) in [6, 6.07) is 3.75. The number of aromatic nitrogens is 1. The predicted octanol–water partition coefficient (Wildman–Crippen LogP) is 3.53. The maximum atomic E-state index is 12.6. The molecule has 0 bridgehead atoms. The summed E-state index contributed by atoms with van der Waals surface area (Å²) in [5.41, 5.74) is 0.330. The van der Waals surface area contributed by atoms with Crippen LogP contribution in [-0.2, 0) is 9.53 Å². The van der Waals surface area contributed by atoms with Gasteiger partial charge in [-0.3, -0.25) is 9.69 Å². The zero-order valence-electron chi connectivity index (χ0n) is 15.2. The summed E-state index contributed by atoms with van der Waals surface area (Å²) < 4.78 is 5.50. The molecular weight excluding hydrogens is 306 g/mol. The molecule has 132 valence electrons. The average molecular weight is 333 g/mol. The fourth-order valence-corrected chi connectivity index (χ4v) is 3.04. The molecule has 2 rings (SSSR count). The van der Waals surface area contributed by atoms with Gasteiger partial charge in [0.2, 0.25) is 5.91 Å². The number of rotatable bonds is 3. The number of amides is 2. The predicted molar refractivity (Wildman–Crippen MR) is 92.9 cm³/mol. The number of carbonyl (C=O) groups is 2. The van der Waals surface area contributed by atoms with Gasteiger partial charge in [-0.15, -0.1) is 0 Å². The minimum atomic E-state index is -0.571. The van der Waals surface area contributed by atoms with Crippen molar-refractivity contribution >= 4 is 17.8 Å². The Balaban J connectivity index is 2.36. The largest absolute Gasteiger partial charge is 0.443 e. The Morgan fingerprint density at radius 3 is 2.71 bits per heavy atom. The molecule has 1 fully saturated rings. The molecule has 1 aromatic rings. The van der Waals surface area contributed by atoms with Gasteiger partial charge in [0.05, 0.1) is 6.04 Å². The topological polar surface area (TPSA) is 62.7 Å². The second kappa shape index (κ2) is 7.20. The summed E-state index contributed by atoms with van der Waals surface area (Å²) in [5.74, 6) is 0.625. The quantitative estimate of drug-likeness (QED) is 0.849. The summed E-state index contributed by atoms with van der Waals surface area (Å²) >= 11 is 0. The van der Waals surface area contributed by atoms with Crippen LogP contribution in [0.15, 0.2) is 18.3 Å². The summed E-state index contributed by atoms with van der Waals surface area (Å²) in [4.78, 5) is 32.3. The number of ether oxygens (including phenoxy) is 1. The first-order chi connectivity index (χ1) is 11.2. The number of anilines is 1. The van der Waals surface area contributed by atoms with E-state index < -0.39 is 11.7 Å². The normalized spacial score (nSPS) is 17.7. The number of hydrogen-bond donors (Lipinski definition) is 0. The third-order valence-corrected chi connectivity index (χ3v) is 4.02. The summed E-state index contributed by atoms with van der Waals surface area (Å²) in [6.45, 7) is 10.2. The lowest BCUT2D eigenvalue weighted by Crippen LogP contribution is -2.38. The highest BCUT2D eigenvalue weighted by Gasteiger charge is 2.33. The van der Waals surface area contributed by atoms with E-state index in [-0.39, 0.29) is 11.9 Å². The first-order valence-electron chi connectivity index (χ1n) is 8.47. The molecule has 0 aliphatic carbocycles. The lowest BCUT2D eigenvalue weighted by molar-refractivity contribution is -0.129. The molecule has 0 spiro atoms. The molecule has 6 nitrogen and oxygen atoms in total. The first kappa shape index (κ1) is 18.2. The van der Waals surface area contributed by atoms with Crippen molar-refractivity contribution in [1.29, 1.82) is 0 Å². The van der Waals surface area contributed by atoms with Gasteiger partial charge in [0, 0.05) is 31.8 Å².